The van der Waals surface area contributed by atoms with Crippen LogP contribution in [0.2, 0.25) is 0 Å². The molecule has 21 heavy (non-hydrogen) atoms. The van der Waals surface area contributed by atoms with E-state index < -0.39 is 0 Å². The molecule has 1 heterocycles. The molecule has 0 bridgehead atoms. The molecular weight excluding hydrogens is 260 g/mol. The number of Topliss-reactive ketones (excluding diaryl/α,β-unsaturated/α-hetero) is 1. The highest BCUT2D eigenvalue weighted by atomic mass is 16.1. The van der Waals surface area contributed by atoms with Crippen LogP contribution in [-0.2, 0) is 6.42 Å². The first-order valence-corrected chi connectivity index (χ1v) is 7.98. The topological polar surface area (TPSA) is 23.6 Å². The van der Waals surface area contributed by atoms with E-state index in [1.54, 1.807) is 0 Å². The molecule has 0 amide bonds. The number of benzene rings is 1. The fourth-order valence-electron chi connectivity index (χ4n) is 2.92. The lowest BCUT2D eigenvalue weighted by Gasteiger charge is -2.45. The van der Waals surface area contributed by atoms with Crippen molar-refractivity contribution in [1.82, 2.24) is 9.80 Å². The third-order valence-electron chi connectivity index (χ3n) is 4.58. The summed E-state index contributed by atoms with van der Waals surface area (Å²) in [5.41, 5.74) is 2.30. The Kier molecular flexibility index (Phi) is 5.17. The summed E-state index contributed by atoms with van der Waals surface area (Å²) in [7, 11) is 2.16. The van der Waals surface area contributed by atoms with Crippen LogP contribution in [0.5, 0.6) is 0 Å². The molecule has 1 saturated heterocycles. The summed E-state index contributed by atoms with van der Waals surface area (Å²) in [5, 5.41) is 0. The highest BCUT2D eigenvalue weighted by molar-refractivity contribution is 5.97. The average Bonchev–Trinajstić information content (AvgIpc) is 2.44. The van der Waals surface area contributed by atoms with Gasteiger partial charge in [0, 0.05) is 30.7 Å². The van der Waals surface area contributed by atoms with Crippen LogP contribution in [0.15, 0.2) is 24.3 Å². The Morgan fingerprint density at radius 1 is 1.19 bits per heavy atom. The van der Waals surface area contributed by atoms with E-state index in [9.17, 15) is 4.79 Å². The quantitative estimate of drug-likeness (QED) is 0.778. The number of rotatable bonds is 5. The Morgan fingerprint density at radius 2 is 1.86 bits per heavy atom. The molecular formula is C18H28N2O. The summed E-state index contributed by atoms with van der Waals surface area (Å²) in [6.45, 7) is 10.1. The molecule has 3 heteroatoms. The zero-order valence-corrected chi connectivity index (χ0v) is 13.9. The van der Waals surface area contributed by atoms with Gasteiger partial charge in [0.05, 0.1) is 6.54 Å². The highest BCUT2D eigenvalue weighted by Gasteiger charge is 2.31. The summed E-state index contributed by atoms with van der Waals surface area (Å²) in [6, 6.07) is 8.14. The van der Waals surface area contributed by atoms with E-state index in [0.717, 1.165) is 38.0 Å². The second-order valence-corrected chi connectivity index (χ2v) is 6.81. The highest BCUT2D eigenvalue weighted by Crippen LogP contribution is 2.19. The van der Waals surface area contributed by atoms with Crippen molar-refractivity contribution < 1.29 is 4.79 Å². The molecule has 0 aromatic heterocycles. The van der Waals surface area contributed by atoms with E-state index in [1.165, 1.54) is 5.56 Å². The van der Waals surface area contributed by atoms with E-state index in [2.05, 4.69) is 49.8 Å². The van der Waals surface area contributed by atoms with Crippen LogP contribution in [-0.4, -0.2) is 54.3 Å². The molecule has 0 unspecified atom stereocenters. The second-order valence-electron chi connectivity index (χ2n) is 6.81. The van der Waals surface area contributed by atoms with Crippen molar-refractivity contribution in [2.75, 3.05) is 33.2 Å². The van der Waals surface area contributed by atoms with Gasteiger partial charge in [-0.25, -0.2) is 0 Å². The molecule has 1 aromatic rings. The van der Waals surface area contributed by atoms with Crippen LogP contribution >= 0.6 is 0 Å². The minimum Gasteiger partial charge on any atom is -0.299 e. The van der Waals surface area contributed by atoms with Gasteiger partial charge in [-0.3, -0.25) is 14.6 Å². The number of likely N-dealkylation sites (N-methyl/N-ethyl adjacent to an activating group) is 1. The van der Waals surface area contributed by atoms with Gasteiger partial charge < -0.3 is 0 Å². The van der Waals surface area contributed by atoms with Crippen molar-refractivity contribution in [2.45, 2.75) is 39.2 Å². The maximum Gasteiger partial charge on any atom is 0.176 e. The smallest absolute Gasteiger partial charge is 0.176 e. The predicted molar refractivity (Wildman–Crippen MR) is 87.9 cm³/mol. The molecule has 1 fully saturated rings. The van der Waals surface area contributed by atoms with Crippen LogP contribution < -0.4 is 0 Å². The third-order valence-corrected chi connectivity index (χ3v) is 4.58. The van der Waals surface area contributed by atoms with E-state index in [-0.39, 0.29) is 11.3 Å². The molecule has 0 spiro atoms. The first-order valence-electron chi connectivity index (χ1n) is 7.98. The van der Waals surface area contributed by atoms with Crippen LogP contribution in [0.4, 0.5) is 0 Å². The molecule has 116 valence electrons. The second kappa shape index (κ2) is 6.71. The lowest BCUT2D eigenvalue weighted by Crippen LogP contribution is -2.58. The fourth-order valence-corrected chi connectivity index (χ4v) is 2.92. The molecule has 0 atom stereocenters. The Hall–Kier alpha value is -1.19. The predicted octanol–water partition coefficient (Wildman–Crippen LogP) is 2.85. The van der Waals surface area contributed by atoms with Crippen LogP contribution in [0.25, 0.3) is 0 Å². The normalized spacial score (nSPS) is 19.6. The molecule has 0 radical (unpaired) electrons. The van der Waals surface area contributed by atoms with E-state index in [4.69, 9.17) is 0 Å². The van der Waals surface area contributed by atoms with E-state index in [0.29, 0.717) is 6.54 Å². The molecule has 0 N–H and O–H groups in total. The van der Waals surface area contributed by atoms with Gasteiger partial charge in [0.25, 0.3) is 0 Å². The lowest BCUT2D eigenvalue weighted by molar-refractivity contribution is 0.0390. The number of carbonyl (C=O) groups excluding carboxylic acids is 1. The van der Waals surface area contributed by atoms with E-state index >= 15 is 0 Å². The zero-order chi connectivity index (χ0) is 15.5. The summed E-state index contributed by atoms with van der Waals surface area (Å²) in [5.74, 6) is 0.235. The van der Waals surface area contributed by atoms with Crippen molar-refractivity contribution in [2.24, 2.45) is 0 Å². The Morgan fingerprint density at radius 3 is 2.43 bits per heavy atom. The van der Waals surface area contributed by atoms with Gasteiger partial charge in [-0.2, -0.15) is 0 Å². The zero-order valence-electron chi connectivity index (χ0n) is 13.9. The number of aryl methyl sites for hydroxylation is 1. The Balaban J connectivity index is 1.95. The molecule has 2 rings (SSSR count). The molecule has 3 nitrogen and oxygen atoms in total. The SMILES string of the molecule is CCCc1ccc(C(=O)CN2CCN(C)C(C)(C)C2)cc1. The van der Waals surface area contributed by atoms with Gasteiger partial charge in [-0.1, -0.05) is 37.6 Å². The van der Waals surface area contributed by atoms with Crippen LogP contribution in [0, 0.1) is 0 Å². The minimum atomic E-state index is 0.142. The Bertz CT molecular complexity index is 478. The van der Waals surface area contributed by atoms with Gasteiger partial charge >= 0.3 is 0 Å². The number of ketones is 1. The number of carbonyl (C=O) groups is 1. The maximum atomic E-state index is 12.4. The number of nitrogens with zero attached hydrogens (tertiary/aromatic N) is 2. The summed E-state index contributed by atoms with van der Waals surface area (Å²) in [6.07, 6.45) is 2.23. The number of piperazine rings is 1. The third kappa shape index (κ3) is 4.14. The number of hydrogen-bond acceptors (Lipinski definition) is 3. The van der Waals surface area contributed by atoms with Crippen LogP contribution in [0.1, 0.15) is 43.1 Å². The van der Waals surface area contributed by atoms with Gasteiger partial charge in [0.2, 0.25) is 0 Å². The van der Waals surface area contributed by atoms with Crippen LogP contribution in [0.3, 0.4) is 0 Å². The van der Waals surface area contributed by atoms with E-state index in [1.807, 2.05) is 12.1 Å². The van der Waals surface area contributed by atoms with Gasteiger partial charge in [-0.15, -0.1) is 0 Å². The molecule has 0 saturated carbocycles. The molecule has 1 aliphatic heterocycles. The van der Waals surface area contributed by atoms with Crippen molar-refractivity contribution >= 4 is 5.78 Å². The lowest BCUT2D eigenvalue weighted by atomic mass is 9.99. The summed E-state index contributed by atoms with van der Waals surface area (Å²) < 4.78 is 0. The van der Waals surface area contributed by atoms with Gasteiger partial charge in [0.1, 0.15) is 0 Å². The van der Waals surface area contributed by atoms with Crippen molar-refractivity contribution in [3.05, 3.63) is 35.4 Å². The minimum absolute atomic E-state index is 0.142. The Labute approximate surface area is 128 Å². The van der Waals surface area contributed by atoms with Crippen molar-refractivity contribution in [3.8, 4) is 0 Å². The van der Waals surface area contributed by atoms with Crippen molar-refractivity contribution in [3.63, 3.8) is 0 Å². The standard InChI is InChI=1S/C18H28N2O/c1-5-6-15-7-9-16(10-8-15)17(21)13-20-12-11-19(4)18(2,3)14-20/h7-10H,5-6,11-14H2,1-4H3. The first kappa shape index (κ1) is 16.2. The summed E-state index contributed by atoms with van der Waals surface area (Å²) in [4.78, 5) is 17.1. The van der Waals surface area contributed by atoms with Crippen molar-refractivity contribution in [1.29, 1.82) is 0 Å². The number of hydrogen-bond donors (Lipinski definition) is 0. The van der Waals surface area contributed by atoms with Gasteiger partial charge in [-0.05, 0) is 32.9 Å². The maximum absolute atomic E-state index is 12.4. The largest absolute Gasteiger partial charge is 0.299 e. The fraction of sp³-hybridized carbons (Fsp3) is 0.611. The molecule has 1 aliphatic rings. The molecule has 0 aliphatic carbocycles. The first-order chi connectivity index (χ1) is 9.92. The summed E-state index contributed by atoms with van der Waals surface area (Å²) >= 11 is 0. The average molecular weight is 288 g/mol. The van der Waals surface area contributed by atoms with Gasteiger partial charge in [0.15, 0.2) is 5.78 Å². The monoisotopic (exact) mass is 288 g/mol. The molecule has 1 aromatic carbocycles.